The molecule has 2 aromatic rings. The summed E-state index contributed by atoms with van der Waals surface area (Å²) in [6, 6.07) is 17.5. The Balaban J connectivity index is 1.63. The van der Waals surface area contributed by atoms with Gasteiger partial charge in [-0.1, -0.05) is 36.4 Å². The van der Waals surface area contributed by atoms with E-state index in [0.717, 1.165) is 23.3 Å². The lowest BCUT2D eigenvalue weighted by molar-refractivity contribution is -0.120. The minimum absolute atomic E-state index is 0.0192. The minimum atomic E-state index is -0.145. The third kappa shape index (κ3) is 3.90. The lowest BCUT2D eigenvalue weighted by Gasteiger charge is -2.24. The fraction of sp³-hybridized carbons (Fsp3) is 0.263. The second-order valence-corrected chi connectivity index (χ2v) is 6.72. The molecule has 1 atom stereocenters. The van der Waals surface area contributed by atoms with Crippen LogP contribution in [0.1, 0.15) is 21.9 Å². The number of hydrogen-bond acceptors (Lipinski definition) is 4. The zero-order valence-electron chi connectivity index (χ0n) is 13.2. The smallest absolute Gasteiger partial charge is 0.237 e. The Morgan fingerprint density at radius 2 is 2.17 bits per heavy atom. The molecule has 0 aromatic heterocycles. The Labute approximate surface area is 145 Å². The highest BCUT2D eigenvalue weighted by Gasteiger charge is 2.26. The van der Waals surface area contributed by atoms with Crippen LogP contribution in [0.15, 0.2) is 48.5 Å². The number of aryl methyl sites for hydroxylation is 1. The van der Waals surface area contributed by atoms with E-state index >= 15 is 0 Å². The van der Waals surface area contributed by atoms with Crippen molar-refractivity contribution in [3.05, 3.63) is 65.2 Å². The molecule has 1 amide bonds. The maximum absolute atomic E-state index is 12.6. The lowest BCUT2D eigenvalue weighted by atomic mass is 10.0. The summed E-state index contributed by atoms with van der Waals surface area (Å²) in [5.41, 5.74) is 3.34. The number of benzene rings is 2. The van der Waals surface area contributed by atoms with E-state index < -0.39 is 0 Å². The van der Waals surface area contributed by atoms with Crippen LogP contribution in [-0.2, 0) is 17.8 Å². The van der Waals surface area contributed by atoms with E-state index in [-0.39, 0.29) is 17.8 Å². The molecule has 3 rings (SSSR count). The first-order chi connectivity index (χ1) is 11.8. The molecule has 0 saturated heterocycles. The van der Waals surface area contributed by atoms with Crippen LogP contribution in [0.4, 0.5) is 0 Å². The number of thioether (sulfide) groups is 1. The first-order valence-electron chi connectivity index (χ1n) is 7.84. The summed E-state index contributed by atoms with van der Waals surface area (Å²) in [7, 11) is 0. The molecule has 0 bridgehead atoms. The number of amides is 1. The number of carbonyl (C=O) groups is 1. The zero-order chi connectivity index (χ0) is 16.8. The van der Waals surface area contributed by atoms with Gasteiger partial charge < -0.3 is 10.1 Å². The van der Waals surface area contributed by atoms with Gasteiger partial charge in [-0.25, -0.2) is 0 Å². The summed E-state index contributed by atoms with van der Waals surface area (Å²) in [5.74, 6) is 1.64. The summed E-state index contributed by atoms with van der Waals surface area (Å²) in [4.78, 5) is 12.6. The van der Waals surface area contributed by atoms with Crippen molar-refractivity contribution in [1.29, 1.82) is 5.26 Å². The molecule has 2 aromatic carbocycles. The van der Waals surface area contributed by atoms with Crippen LogP contribution in [0.25, 0.3) is 0 Å². The highest BCUT2D eigenvalue weighted by Crippen LogP contribution is 2.36. The average Bonchev–Trinajstić information content (AvgIpc) is 2.64. The third-order valence-corrected chi connectivity index (χ3v) is 5.14. The van der Waals surface area contributed by atoms with Crippen molar-refractivity contribution in [3.8, 4) is 11.8 Å². The zero-order valence-corrected chi connectivity index (χ0v) is 14.0. The van der Waals surface area contributed by atoms with Gasteiger partial charge in [-0.2, -0.15) is 5.26 Å². The van der Waals surface area contributed by atoms with Crippen LogP contribution in [0, 0.1) is 11.3 Å². The average molecular weight is 338 g/mol. The molecule has 1 aliphatic rings. The second kappa shape index (κ2) is 7.89. The summed E-state index contributed by atoms with van der Waals surface area (Å²) in [6.45, 7) is 0.465. The van der Waals surface area contributed by atoms with E-state index in [1.807, 2.05) is 42.5 Å². The topological polar surface area (TPSA) is 62.1 Å². The van der Waals surface area contributed by atoms with Crippen LogP contribution in [-0.4, -0.2) is 18.3 Å². The molecule has 0 fully saturated rings. The maximum atomic E-state index is 12.6. The largest absolute Gasteiger partial charge is 0.479 e. The Bertz CT molecular complexity index is 770. The monoisotopic (exact) mass is 338 g/mol. The molecule has 4 nitrogen and oxygen atoms in total. The lowest BCUT2D eigenvalue weighted by Crippen LogP contribution is -2.29. The number of hydrogen-bond donors (Lipinski definition) is 1. The van der Waals surface area contributed by atoms with Crippen molar-refractivity contribution in [1.82, 2.24) is 5.32 Å². The van der Waals surface area contributed by atoms with Gasteiger partial charge >= 0.3 is 0 Å². The van der Waals surface area contributed by atoms with Gasteiger partial charge in [0.2, 0.25) is 5.91 Å². The van der Waals surface area contributed by atoms with Gasteiger partial charge in [-0.15, -0.1) is 11.8 Å². The van der Waals surface area contributed by atoms with Crippen LogP contribution >= 0.6 is 11.8 Å². The van der Waals surface area contributed by atoms with Gasteiger partial charge in [-0.3, -0.25) is 4.79 Å². The number of fused-ring (bicyclic) bond motifs is 1. The molecule has 1 heterocycles. The summed E-state index contributed by atoms with van der Waals surface area (Å²) >= 11 is 1.69. The van der Waals surface area contributed by atoms with Crippen molar-refractivity contribution in [2.45, 2.75) is 18.2 Å². The van der Waals surface area contributed by atoms with E-state index in [2.05, 4.69) is 11.4 Å². The Morgan fingerprint density at radius 3 is 3.04 bits per heavy atom. The van der Waals surface area contributed by atoms with Crippen LogP contribution in [0.5, 0.6) is 5.75 Å². The highest BCUT2D eigenvalue weighted by atomic mass is 32.2. The number of nitriles is 1. The van der Waals surface area contributed by atoms with Crippen molar-refractivity contribution in [3.63, 3.8) is 0 Å². The van der Waals surface area contributed by atoms with E-state index in [4.69, 9.17) is 10.00 Å². The molecule has 122 valence electrons. The SMILES string of the molecule is N#CCOc1cccc(CNC(=O)C2SCCc3ccccc32)c1. The molecule has 1 aliphatic heterocycles. The predicted octanol–water partition coefficient (Wildman–Crippen LogP) is 3.24. The molecular formula is C19H18N2O2S. The maximum Gasteiger partial charge on any atom is 0.237 e. The second-order valence-electron chi connectivity index (χ2n) is 5.51. The summed E-state index contributed by atoms with van der Waals surface area (Å²) in [6.07, 6.45) is 1.02. The normalized spacial score (nSPS) is 15.9. The van der Waals surface area contributed by atoms with Gasteiger partial charge in [0.25, 0.3) is 0 Å². The molecule has 0 saturated carbocycles. The van der Waals surface area contributed by atoms with Gasteiger partial charge in [-0.05, 0) is 41.0 Å². The first kappa shape index (κ1) is 16.4. The quantitative estimate of drug-likeness (QED) is 0.909. The number of carbonyl (C=O) groups excluding carboxylic acids is 1. The van der Waals surface area contributed by atoms with Crippen LogP contribution < -0.4 is 10.1 Å². The Kier molecular flexibility index (Phi) is 5.39. The van der Waals surface area contributed by atoms with Gasteiger partial charge in [0.05, 0.1) is 0 Å². The van der Waals surface area contributed by atoms with E-state index in [0.29, 0.717) is 12.3 Å². The number of nitrogens with one attached hydrogen (secondary N) is 1. The summed E-state index contributed by atoms with van der Waals surface area (Å²) in [5, 5.41) is 11.4. The van der Waals surface area contributed by atoms with Gasteiger partial charge in [0.1, 0.15) is 17.1 Å². The highest BCUT2D eigenvalue weighted by molar-refractivity contribution is 8.00. The van der Waals surface area contributed by atoms with Crippen molar-refractivity contribution < 1.29 is 9.53 Å². The number of nitrogens with zero attached hydrogens (tertiary/aromatic N) is 1. The third-order valence-electron chi connectivity index (χ3n) is 3.90. The summed E-state index contributed by atoms with van der Waals surface area (Å²) < 4.78 is 5.29. The van der Waals surface area contributed by atoms with Crippen molar-refractivity contribution >= 4 is 17.7 Å². The molecular weight excluding hydrogens is 320 g/mol. The molecule has 0 radical (unpaired) electrons. The Hall–Kier alpha value is -2.45. The first-order valence-corrected chi connectivity index (χ1v) is 8.88. The van der Waals surface area contributed by atoms with Gasteiger partial charge in [0.15, 0.2) is 6.61 Å². The van der Waals surface area contributed by atoms with E-state index in [1.54, 1.807) is 17.8 Å². The van der Waals surface area contributed by atoms with Crippen LogP contribution in [0.2, 0.25) is 0 Å². The van der Waals surface area contributed by atoms with Crippen LogP contribution in [0.3, 0.4) is 0 Å². The number of ether oxygens (including phenoxy) is 1. The molecule has 1 N–H and O–H groups in total. The predicted molar refractivity (Wildman–Crippen MR) is 94.7 cm³/mol. The minimum Gasteiger partial charge on any atom is -0.479 e. The molecule has 0 aliphatic carbocycles. The molecule has 0 spiro atoms. The molecule has 24 heavy (non-hydrogen) atoms. The Morgan fingerprint density at radius 1 is 1.29 bits per heavy atom. The van der Waals surface area contributed by atoms with Crippen molar-refractivity contribution in [2.75, 3.05) is 12.4 Å². The fourth-order valence-corrected chi connectivity index (χ4v) is 3.97. The van der Waals surface area contributed by atoms with Gasteiger partial charge in [0, 0.05) is 6.54 Å². The van der Waals surface area contributed by atoms with E-state index in [1.165, 1.54) is 5.56 Å². The fourth-order valence-electron chi connectivity index (χ4n) is 2.75. The van der Waals surface area contributed by atoms with E-state index in [9.17, 15) is 4.79 Å². The molecule has 5 heteroatoms. The molecule has 1 unspecified atom stereocenters. The number of rotatable bonds is 5. The standard InChI is InChI=1S/C19H18N2O2S/c20-9-10-23-16-6-3-4-14(12-16)13-21-19(22)18-17-7-2-1-5-15(17)8-11-24-18/h1-7,12,18H,8,10-11,13H2,(H,21,22). The van der Waals surface area contributed by atoms with Crippen molar-refractivity contribution in [2.24, 2.45) is 0 Å².